The van der Waals surface area contributed by atoms with E-state index in [1.54, 1.807) is 26.2 Å². The molecule has 3 heterocycles. The number of aromatic nitrogens is 2. The molecule has 1 aliphatic rings. The van der Waals surface area contributed by atoms with Crippen molar-refractivity contribution >= 4 is 28.4 Å². The van der Waals surface area contributed by atoms with Gasteiger partial charge in [0.15, 0.2) is 5.13 Å². The van der Waals surface area contributed by atoms with Crippen molar-refractivity contribution in [3.8, 4) is 11.3 Å². The van der Waals surface area contributed by atoms with Crippen LogP contribution in [0, 0.1) is 5.92 Å². The van der Waals surface area contributed by atoms with Crippen molar-refractivity contribution in [2.45, 2.75) is 39.3 Å². The number of allylic oxidation sites excluding steroid dienone is 1. The lowest BCUT2D eigenvalue weighted by Crippen LogP contribution is -2.62. The average Bonchev–Trinajstić information content (AvgIpc) is 3.32. The zero-order chi connectivity index (χ0) is 25.7. The van der Waals surface area contributed by atoms with Gasteiger partial charge in [-0.25, -0.2) is 9.78 Å². The minimum atomic E-state index is -1.01. The second-order valence-corrected chi connectivity index (χ2v) is 9.46. The molecule has 0 amide bonds. The Bertz CT molecular complexity index is 1240. The Kier molecular flexibility index (Phi) is 7.69. The summed E-state index contributed by atoms with van der Waals surface area (Å²) >= 11 is 1.43. The first-order valence-electron chi connectivity index (χ1n) is 11.9. The second-order valence-electron chi connectivity index (χ2n) is 8.60. The number of ether oxygens (including phenoxy) is 2. The number of rotatable bonds is 8. The monoisotopic (exact) mass is 506 g/mol. The van der Waals surface area contributed by atoms with E-state index in [1.165, 1.54) is 11.3 Å². The molecule has 0 saturated heterocycles. The maximum absolute atomic E-state index is 13.5. The van der Waals surface area contributed by atoms with Crippen LogP contribution in [0.15, 0.2) is 71.5 Å². The largest absolute Gasteiger partial charge is 0.466 e. The smallest absolute Gasteiger partial charge is 0.336 e. The van der Waals surface area contributed by atoms with Crippen LogP contribution in [-0.2, 0) is 19.1 Å². The number of carbonyl (C=O) groups is 2. The molecule has 0 radical (unpaired) electrons. The molecule has 2 N–H and O–H groups in total. The fourth-order valence-electron chi connectivity index (χ4n) is 4.70. The van der Waals surface area contributed by atoms with Crippen LogP contribution in [-0.4, -0.2) is 40.8 Å². The molecule has 2 aromatic heterocycles. The normalized spacial score (nSPS) is 21.4. The summed E-state index contributed by atoms with van der Waals surface area (Å²) in [6.07, 6.45) is 3.44. The van der Waals surface area contributed by atoms with Crippen molar-refractivity contribution in [2.75, 3.05) is 18.5 Å². The standard InChI is InChI=1S/C27H30N4O4S/c1-5-34-24(32)21-17(3)30-27(4,31-26-29-20(16-36-26)18-12-14-28-15-13-18)23(25(33)35-6-2)22(21)19-10-8-7-9-11-19/h7-16,22-23,30H,5-6H2,1-4H3,(H,29,31). The Hall–Kier alpha value is -3.72. The average molecular weight is 507 g/mol. The predicted molar refractivity (Wildman–Crippen MR) is 139 cm³/mol. The van der Waals surface area contributed by atoms with Crippen molar-refractivity contribution < 1.29 is 19.1 Å². The molecule has 3 atom stereocenters. The molecule has 188 valence electrons. The second kappa shape index (κ2) is 10.9. The van der Waals surface area contributed by atoms with Gasteiger partial charge >= 0.3 is 11.9 Å². The van der Waals surface area contributed by atoms with Gasteiger partial charge in [0, 0.05) is 35.0 Å². The van der Waals surface area contributed by atoms with Crippen molar-refractivity contribution in [1.29, 1.82) is 0 Å². The van der Waals surface area contributed by atoms with Crippen LogP contribution in [0.25, 0.3) is 11.3 Å². The van der Waals surface area contributed by atoms with Crippen LogP contribution in [0.1, 0.15) is 39.2 Å². The van der Waals surface area contributed by atoms with E-state index in [0.29, 0.717) is 16.4 Å². The first kappa shape index (κ1) is 25.4. The van der Waals surface area contributed by atoms with Crippen LogP contribution in [0.4, 0.5) is 5.13 Å². The molecule has 8 nitrogen and oxygen atoms in total. The number of nitrogens with zero attached hydrogens (tertiary/aromatic N) is 2. The molecule has 9 heteroatoms. The van der Waals surface area contributed by atoms with Gasteiger partial charge in [-0.2, -0.15) is 0 Å². The molecular weight excluding hydrogens is 476 g/mol. The Morgan fingerprint density at radius 2 is 1.78 bits per heavy atom. The van der Waals surface area contributed by atoms with E-state index in [1.807, 2.05) is 61.7 Å². The van der Waals surface area contributed by atoms with Crippen LogP contribution in [0.3, 0.4) is 0 Å². The summed E-state index contributed by atoms with van der Waals surface area (Å²) < 4.78 is 11.0. The lowest BCUT2D eigenvalue weighted by atomic mass is 9.71. The summed E-state index contributed by atoms with van der Waals surface area (Å²) in [6, 6.07) is 13.3. The number of pyridine rings is 1. The van der Waals surface area contributed by atoms with Gasteiger partial charge in [-0.1, -0.05) is 30.3 Å². The molecule has 0 bridgehead atoms. The number of anilines is 1. The van der Waals surface area contributed by atoms with Crippen molar-refractivity contribution in [2.24, 2.45) is 5.92 Å². The quantitative estimate of drug-likeness (QED) is 0.423. The van der Waals surface area contributed by atoms with Crippen molar-refractivity contribution in [3.05, 3.63) is 77.1 Å². The molecule has 0 spiro atoms. The van der Waals surface area contributed by atoms with Crippen molar-refractivity contribution in [3.63, 3.8) is 0 Å². The highest BCUT2D eigenvalue weighted by molar-refractivity contribution is 7.14. The van der Waals surface area contributed by atoms with Gasteiger partial charge < -0.3 is 20.1 Å². The predicted octanol–water partition coefficient (Wildman–Crippen LogP) is 4.74. The Balaban J connectivity index is 1.80. The SMILES string of the molecule is CCOC(=O)C1=C(C)NC(C)(Nc2nc(-c3ccncc3)cs2)C(C(=O)OCC)C1c1ccccc1. The number of nitrogens with one attached hydrogen (secondary N) is 2. The number of benzene rings is 1. The zero-order valence-corrected chi connectivity index (χ0v) is 21.6. The minimum Gasteiger partial charge on any atom is -0.466 e. The molecule has 0 fully saturated rings. The lowest BCUT2D eigenvalue weighted by molar-refractivity contribution is -0.152. The van der Waals surface area contributed by atoms with E-state index in [0.717, 1.165) is 16.8 Å². The first-order chi connectivity index (χ1) is 17.4. The summed E-state index contributed by atoms with van der Waals surface area (Å²) in [4.78, 5) is 35.5. The van der Waals surface area contributed by atoms with Gasteiger partial charge in [0.25, 0.3) is 0 Å². The fourth-order valence-corrected chi connectivity index (χ4v) is 5.53. The number of thiazole rings is 1. The third-order valence-electron chi connectivity index (χ3n) is 6.16. The summed E-state index contributed by atoms with van der Waals surface area (Å²) in [5.41, 5.74) is 2.60. The summed E-state index contributed by atoms with van der Waals surface area (Å²) in [5.74, 6) is -2.27. The highest BCUT2D eigenvalue weighted by atomic mass is 32.1. The Morgan fingerprint density at radius 3 is 2.44 bits per heavy atom. The molecule has 3 aromatic rings. The van der Waals surface area contributed by atoms with Crippen LogP contribution < -0.4 is 10.6 Å². The van der Waals surface area contributed by atoms with Crippen LogP contribution in [0.2, 0.25) is 0 Å². The number of carbonyl (C=O) groups excluding carboxylic acids is 2. The lowest BCUT2D eigenvalue weighted by Gasteiger charge is -2.46. The van der Waals surface area contributed by atoms with E-state index in [4.69, 9.17) is 14.5 Å². The number of hydrogen-bond acceptors (Lipinski definition) is 9. The van der Waals surface area contributed by atoms with E-state index < -0.39 is 29.4 Å². The van der Waals surface area contributed by atoms with E-state index in [2.05, 4.69) is 15.6 Å². The molecule has 4 rings (SSSR count). The maximum Gasteiger partial charge on any atom is 0.336 e. The molecule has 1 aliphatic heterocycles. The minimum absolute atomic E-state index is 0.216. The third-order valence-corrected chi connectivity index (χ3v) is 6.92. The van der Waals surface area contributed by atoms with Gasteiger partial charge in [-0.3, -0.25) is 9.78 Å². The van der Waals surface area contributed by atoms with Crippen LogP contribution >= 0.6 is 11.3 Å². The Morgan fingerprint density at radius 1 is 1.08 bits per heavy atom. The van der Waals surface area contributed by atoms with E-state index in [-0.39, 0.29) is 13.2 Å². The highest BCUT2D eigenvalue weighted by Crippen LogP contribution is 2.45. The molecular formula is C27H30N4O4S. The van der Waals surface area contributed by atoms with E-state index in [9.17, 15) is 9.59 Å². The number of esters is 2. The van der Waals surface area contributed by atoms with Gasteiger partial charge in [0.2, 0.25) is 0 Å². The Labute approximate surface area is 214 Å². The first-order valence-corrected chi connectivity index (χ1v) is 12.8. The van der Waals surface area contributed by atoms with E-state index >= 15 is 0 Å². The molecule has 0 saturated carbocycles. The summed E-state index contributed by atoms with van der Waals surface area (Å²) in [7, 11) is 0. The zero-order valence-electron chi connectivity index (χ0n) is 20.8. The third kappa shape index (κ3) is 5.11. The molecule has 1 aromatic carbocycles. The van der Waals surface area contributed by atoms with Crippen molar-refractivity contribution in [1.82, 2.24) is 15.3 Å². The summed E-state index contributed by atoms with van der Waals surface area (Å²) in [5, 5.41) is 9.42. The van der Waals surface area contributed by atoms with Gasteiger partial charge in [0.05, 0.1) is 24.5 Å². The highest BCUT2D eigenvalue weighted by Gasteiger charge is 2.52. The molecule has 36 heavy (non-hydrogen) atoms. The maximum atomic E-state index is 13.5. The van der Waals surface area contributed by atoms with Crippen LogP contribution in [0.5, 0.6) is 0 Å². The van der Waals surface area contributed by atoms with Gasteiger partial charge in [-0.05, 0) is 45.4 Å². The van der Waals surface area contributed by atoms with Gasteiger partial charge in [-0.15, -0.1) is 11.3 Å². The number of hydrogen-bond donors (Lipinski definition) is 2. The fraction of sp³-hybridized carbons (Fsp3) is 0.333. The van der Waals surface area contributed by atoms with Gasteiger partial charge in [0.1, 0.15) is 11.6 Å². The summed E-state index contributed by atoms with van der Waals surface area (Å²) in [6.45, 7) is 7.70. The molecule has 3 unspecified atom stereocenters. The molecule has 0 aliphatic carbocycles. The topological polar surface area (TPSA) is 102 Å².